The van der Waals surface area contributed by atoms with Crippen molar-refractivity contribution in [1.29, 1.82) is 0 Å². The molecule has 3 heterocycles. The average Bonchev–Trinajstić information content (AvgIpc) is 3.24. The van der Waals surface area contributed by atoms with Crippen LogP contribution in [0, 0.1) is 13.8 Å². The van der Waals surface area contributed by atoms with Crippen molar-refractivity contribution in [1.82, 2.24) is 19.7 Å². The predicted molar refractivity (Wildman–Crippen MR) is 107 cm³/mol. The van der Waals surface area contributed by atoms with Crippen molar-refractivity contribution < 1.29 is 4.79 Å². The first kappa shape index (κ1) is 17.4. The van der Waals surface area contributed by atoms with Crippen LogP contribution in [0.25, 0.3) is 10.2 Å². The van der Waals surface area contributed by atoms with Crippen molar-refractivity contribution in [2.75, 3.05) is 4.90 Å². The summed E-state index contributed by atoms with van der Waals surface area (Å²) in [5.41, 5.74) is 4.23. The van der Waals surface area contributed by atoms with Crippen LogP contribution < -0.4 is 4.90 Å². The molecule has 4 rings (SSSR count). The molecule has 0 saturated heterocycles. The number of pyridine rings is 1. The van der Waals surface area contributed by atoms with Gasteiger partial charge in [0.1, 0.15) is 5.69 Å². The molecule has 7 heteroatoms. The number of fused-ring (bicyclic) bond motifs is 1. The Balaban J connectivity index is 1.82. The van der Waals surface area contributed by atoms with E-state index in [4.69, 9.17) is 4.98 Å². The van der Waals surface area contributed by atoms with Crippen LogP contribution in [0.3, 0.4) is 0 Å². The van der Waals surface area contributed by atoms with Crippen molar-refractivity contribution in [3.8, 4) is 0 Å². The molecule has 0 aliphatic heterocycles. The molecule has 1 amide bonds. The van der Waals surface area contributed by atoms with E-state index in [-0.39, 0.29) is 5.91 Å². The zero-order valence-corrected chi connectivity index (χ0v) is 16.2. The molecule has 0 fully saturated rings. The van der Waals surface area contributed by atoms with Crippen molar-refractivity contribution in [2.45, 2.75) is 20.4 Å². The highest BCUT2D eigenvalue weighted by atomic mass is 32.1. The number of amides is 1. The fraction of sp³-hybridized carbons (Fsp3) is 0.200. The second kappa shape index (κ2) is 6.92. The Morgan fingerprint density at radius 1 is 1.15 bits per heavy atom. The Morgan fingerprint density at radius 2 is 2.00 bits per heavy atom. The topological polar surface area (TPSA) is 63.9 Å². The van der Waals surface area contributed by atoms with E-state index in [9.17, 15) is 4.79 Å². The molecule has 1 aromatic carbocycles. The van der Waals surface area contributed by atoms with E-state index in [1.54, 1.807) is 29.0 Å². The zero-order valence-electron chi connectivity index (χ0n) is 15.4. The van der Waals surface area contributed by atoms with Gasteiger partial charge in [-0.05, 0) is 43.2 Å². The van der Waals surface area contributed by atoms with Crippen LogP contribution >= 0.6 is 11.3 Å². The molecule has 4 aromatic rings. The summed E-state index contributed by atoms with van der Waals surface area (Å²) in [5.74, 6) is -0.130. The Bertz CT molecular complexity index is 1100. The molecule has 0 aliphatic carbocycles. The number of aryl methyl sites for hydroxylation is 3. The second-order valence-corrected chi connectivity index (χ2v) is 7.44. The van der Waals surface area contributed by atoms with Crippen LogP contribution in [-0.4, -0.2) is 25.7 Å². The van der Waals surface area contributed by atoms with Gasteiger partial charge in [-0.3, -0.25) is 19.4 Å². The minimum absolute atomic E-state index is 0.130. The third kappa shape index (κ3) is 3.21. The molecule has 27 heavy (non-hydrogen) atoms. The zero-order chi connectivity index (χ0) is 19.0. The van der Waals surface area contributed by atoms with E-state index >= 15 is 0 Å². The van der Waals surface area contributed by atoms with Gasteiger partial charge in [-0.1, -0.05) is 29.5 Å². The molecule has 6 nitrogen and oxygen atoms in total. The molecular formula is C20H19N5OS. The molecule has 0 atom stereocenters. The monoisotopic (exact) mass is 377 g/mol. The van der Waals surface area contributed by atoms with Crippen molar-refractivity contribution >= 4 is 32.6 Å². The maximum atomic E-state index is 13.4. The largest absolute Gasteiger partial charge is 0.278 e. The minimum atomic E-state index is -0.130. The summed E-state index contributed by atoms with van der Waals surface area (Å²) in [6.45, 7) is 4.27. The van der Waals surface area contributed by atoms with Crippen LogP contribution in [0.4, 0.5) is 5.13 Å². The van der Waals surface area contributed by atoms with Crippen molar-refractivity contribution in [3.63, 3.8) is 0 Å². The highest BCUT2D eigenvalue weighted by Crippen LogP contribution is 2.32. The van der Waals surface area contributed by atoms with Gasteiger partial charge in [-0.25, -0.2) is 4.98 Å². The highest BCUT2D eigenvalue weighted by Gasteiger charge is 2.26. The Labute approximate surface area is 161 Å². The lowest BCUT2D eigenvalue weighted by Gasteiger charge is -2.20. The summed E-state index contributed by atoms with van der Waals surface area (Å²) in [5, 5.41) is 4.88. The summed E-state index contributed by atoms with van der Waals surface area (Å²) in [7, 11) is 1.78. The smallest absolute Gasteiger partial charge is 0.277 e. The third-order valence-corrected chi connectivity index (χ3v) is 5.50. The number of rotatable bonds is 4. The molecule has 0 N–H and O–H groups in total. The highest BCUT2D eigenvalue weighted by molar-refractivity contribution is 7.22. The van der Waals surface area contributed by atoms with Gasteiger partial charge >= 0.3 is 0 Å². The van der Waals surface area contributed by atoms with Crippen LogP contribution in [-0.2, 0) is 13.6 Å². The number of nitrogens with zero attached hydrogens (tertiary/aromatic N) is 5. The number of carbonyl (C=O) groups excluding carboxylic acids is 1. The van der Waals surface area contributed by atoms with Crippen LogP contribution in [0.2, 0.25) is 0 Å². The number of carbonyl (C=O) groups is 1. The Hall–Kier alpha value is -3.06. The Kier molecular flexibility index (Phi) is 4.45. The van der Waals surface area contributed by atoms with E-state index in [0.717, 1.165) is 27.0 Å². The van der Waals surface area contributed by atoms with Gasteiger partial charge < -0.3 is 0 Å². The fourth-order valence-electron chi connectivity index (χ4n) is 3.05. The second-order valence-electron chi connectivity index (χ2n) is 6.43. The van der Waals surface area contributed by atoms with E-state index < -0.39 is 0 Å². The first-order valence-corrected chi connectivity index (χ1v) is 9.43. The maximum Gasteiger partial charge on any atom is 0.278 e. The van der Waals surface area contributed by atoms with Crippen LogP contribution in [0.1, 0.15) is 27.3 Å². The number of benzene rings is 1. The summed E-state index contributed by atoms with van der Waals surface area (Å²) in [6, 6.07) is 11.8. The number of hydrogen-bond donors (Lipinski definition) is 0. The molecule has 0 spiro atoms. The van der Waals surface area contributed by atoms with Gasteiger partial charge in [0.15, 0.2) is 5.13 Å². The summed E-state index contributed by atoms with van der Waals surface area (Å²) < 4.78 is 2.67. The van der Waals surface area contributed by atoms with Gasteiger partial charge in [0.2, 0.25) is 0 Å². The molecule has 0 bridgehead atoms. The quantitative estimate of drug-likeness (QED) is 0.541. The lowest BCUT2D eigenvalue weighted by Crippen LogP contribution is -2.32. The standard InChI is InChI=1S/C20H19N5OS/c1-13-7-6-9-16-17(13)23-20(27-16)25(12-15-8-4-5-10-21-15)19(26)18-14(2)11-22-24(18)3/h4-11H,12H2,1-3H3. The summed E-state index contributed by atoms with van der Waals surface area (Å²) in [4.78, 5) is 24.3. The molecule has 0 aliphatic rings. The molecule has 3 aromatic heterocycles. The molecule has 0 saturated carbocycles. The Morgan fingerprint density at radius 3 is 2.67 bits per heavy atom. The van der Waals surface area contributed by atoms with Crippen LogP contribution in [0.15, 0.2) is 48.8 Å². The first-order valence-electron chi connectivity index (χ1n) is 8.61. The van der Waals surface area contributed by atoms with E-state index in [1.807, 2.05) is 50.2 Å². The minimum Gasteiger partial charge on any atom is -0.277 e. The first-order chi connectivity index (χ1) is 13.0. The van der Waals surface area contributed by atoms with Gasteiger partial charge in [0.25, 0.3) is 5.91 Å². The third-order valence-electron chi connectivity index (χ3n) is 4.46. The number of thiazole rings is 1. The molecule has 0 unspecified atom stereocenters. The van der Waals surface area contributed by atoms with Gasteiger partial charge in [0, 0.05) is 13.2 Å². The number of anilines is 1. The van der Waals surface area contributed by atoms with Gasteiger partial charge in [0.05, 0.1) is 28.7 Å². The lowest BCUT2D eigenvalue weighted by molar-refractivity contribution is 0.0975. The average molecular weight is 377 g/mol. The summed E-state index contributed by atoms with van der Waals surface area (Å²) in [6.07, 6.45) is 3.44. The lowest BCUT2D eigenvalue weighted by atomic mass is 10.2. The summed E-state index contributed by atoms with van der Waals surface area (Å²) >= 11 is 1.51. The van der Waals surface area contributed by atoms with Gasteiger partial charge in [-0.2, -0.15) is 5.10 Å². The fourth-order valence-corrected chi connectivity index (χ4v) is 4.09. The van der Waals surface area contributed by atoms with E-state index in [2.05, 4.69) is 10.1 Å². The maximum absolute atomic E-state index is 13.4. The van der Waals surface area contributed by atoms with E-state index in [0.29, 0.717) is 17.4 Å². The molecule has 136 valence electrons. The molecule has 0 radical (unpaired) electrons. The van der Waals surface area contributed by atoms with E-state index in [1.165, 1.54) is 11.3 Å². The SMILES string of the molecule is Cc1cnn(C)c1C(=O)N(Cc1ccccn1)c1nc2c(C)cccc2s1. The van der Waals surface area contributed by atoms with Crippen molar-refractivity contribution in [2.24, 2.45) is 7.05 Å². The number of aromatic nitrogens is 4. The van der Waals surface area contributed by atoms with Crippen LogP contribution in [0.5, 0.6) is 0 Å². The number of para-hydroxylation sites is 1. The number of hydrogen-bond acceptors (Lipinski definition) is 5. The normalized spacial score (nSPS) is 11.1. The molecular weight excluding hydrogens is 358 g/mol. The van der Waals surface area contributed by atoms with Gasteiger partial charge in [-0.15, -0.1) is 0 Å². The predicted octanol–water partition coefficient (Wildman–Crippen LogP) is 3.89. The van der Waals surface area contributed by atoms with Crippen molar-refractivity contribution in [3.05, 3.63) is 71.3 Å².